The number of hydrogen-bond acceptors (Lipinski definition) is 4. The van der Waals surface area contributed by atoms with Gasteiger partial charge < -0.3 is 10.2 Å². The van der Waals surface area contributed by atoms with E-state index >= 15 is 0 Å². The zero-order valence-corrected chi connectivity index (χ0v) is 8.64. The largest absolute Gasteiger partial charge is 0.338 e. The van der Waals surface area contributed by atoms with Crippen LogP contribution in [0.15, 0.2) is 18.5 Å². The Morgan fingerprint density at radius 2 is 1.79 bits per heavy atom. The Morgan fingerprint density at radius 1 is 1.21 bits per heavy atom. The van der Waals surface area contributed by atoms with Crippen LogP contribution in [0.25, 0.3) is 0 Å². The molecule has 2 unspecified atom stereocenters. The molecule has 0 bridgehead atoms. The fourth-order valence-corrected chi connectivity index (χ4v) is 1.94. The lowest BCUT2D eigenvalue weighted by molar-refractivity contribution is 0.403. The van der Waals surface area contributed by atoms with Crippen LogP contribution in [0.2, 0.25) is 0 Å². The molecule has 14 heavy (non-hydrogen) atoms. The van der Waals surface area contributed by atoms with Gasteiger partial charge >= 0.3 is 0 Å². The highest BCUT2D eigenvalue weighted by molar-refractivity contribution is 5.30. The quantitative estimate of drug-likeness (QED) is 0.710. The lowest BCUT2D eigenvalue weighted by atomic mass is 10.1. The van der Waals surface area contributed by atoms with E-state index in [0.29, 0.717) is 12.1 Å². The Hall–Kier alpha value is -1.16. The second kappa shape index (κ2) is 3.92. The van der Waals surface area contributed by atoms with Crippen LogP contribution in [-0.2, 0) is 0 Å². The highest BCUT2D eigenvalue weighted by Crippen LogP contribution is 2.10. The van der Waals surface area contributed by atoms with Gasteiger partial charge in [-0.3, -0.25) is 0 Å². The Balaban J connectivity index is 2.11. The van der Waals surface area contributed by atoms with Gasteiger partial charge in [-0.05, 0) is 19.9 Å². The van der Waals surface area contributed by atoms with Crippen molar-refractivity contribution in [1.82, 2.24) is 15.3 Å². The second-order valence-electron chi connectivity index (χ2n) is 3.92. The monoisotopic (exact) mass is 192 g/mol. The number of nitrogens with zero attached hydrogens (tertiary/aromatic N) is 3. The van der Waals surface area contributed by atoms with E-state index in [1.807, 2.05) is 6.07 Å². The standard InChI is InChI=1S/C10H16N4/c1-8-6-14(7-9(2)13-8)10-11-4-3-5-12-10/h3-5,8-9,13H,6-7H2,1-2H3. The van der Waals surface area contributed by atoms with Gasteiger partial charge in [0.25, 0.3) is 0 Å². The van der Waals surface area contributed by atoms with E-state index in [2.05, 4.69) is 34.0 Å². The smallest absolute Gasteiger partial charge is 0.225 e. The van der Waals surface area contributed by atoms with Crippen molar-refractivity contribution < 1.29 is 0 Å². The second-order valence-corrected chi connectivity index (χ2v) is 3.92. The van der Waals surface area contributed by atoms with E-state index in [1.54, 1.807) is 12.4 Å². The first-order chi connectivity index (χ1) is 6.75. The van der Waals surface area contributed by atoms with Gasteiger partial charge in [-0.15, -0.1) is 0 Å². The summed E-state index contributed by atoms with van der Waals surface area (Å²) in [7, 11) is 0. The third-order valence-corrected chi connectivity index (χ3v) is 2.39. The van der Waals surface area contributed by atoms with Crippen molar-refractivity contribution in [3.05, 3.63) is 18.5 Å². The number of hydrogen-bond donors (Lipinski definition) is 1. The molecule has 4 heteroatoms. The zero-order valence-electron chi connectivity index (χ0n) is 8.64. The first kappa shape index (κ1) is 9.40. The van der Waals surface area contributed by atoms with Crippen molar-refractivity contribution in [2.45, 2.75) is 25.9 Å². The minimum absolute atomic E-state index is 0.502. The lowest BCUT2D eigenvalue weighted by Gasteiger charge is -2.35. The van der Waals surface area contributed by atoms with Gasteiger partial charge in [-0.1, -0.05) is 0 Å². The molecule has 1 fully saturated rings. The van der Waals surface area contributed by atoms with E-state index in [1.165, 1.54) is 0 Å². The van der Waals surface area contributed by atoms with E-state index in [0.717, 1.165) is 19.0 Å². The van der Waals surface area contributed by atoms with E-state index < -0.39 is 0 Å². The highest BCUT2D eigenvalue weighted by Gasteiger charge is 2.22. The SMILES string of the molecule is CC1CN(c2ncccn2)CC(C)N1. The molecule has 2 heterocycles. The maximum atomic E-state index is 4.26. The van der Waals surface area contributed by atoms with E-state index in [4.69, 9.17) is 0 Å². The first-order valence-corrected chi connectivity index (χ1v) is 5.03. The van der Waals surface area contributed by atoms with Crippen LogP contribution in [0, 0.1) is 0 Å². The summed E-state index contributed by atoms with van der Waals surface area (Å²) in [6.45, 7) is 6.33. The maximum Gasteiger partial charge on any atom is 0.225 e. The molecular formula is C10H16N4. The van der Waals surface area contributed by atoms with Crippen LogP contribution in [0.4, 0.5) is 5.95 Å². The van der Waals surface area contributed by atoms with Crippen LogP contribution in [-0.4, -0.2) is 35.1 Å². The molecule has 2 atom stereocenters. The first-order valence-electron chi connectivity index (χ1n) is 5.03. The normalized spacial score (nSPS) is 27.7. The number of rotatable bonds is 1. The molecule has 0 spiro atoms. The van der Waals surface area contributed by atoms with Crippen LogP contribution in [0.5, 0.6) is 0 Å². The van der Waals surface area contributed by atoms with Crippen LogP contribution < -0.4 is 10.2 Å². The topological polar surface area (TPSA) is 41.1 Å². The van der Waals surface area contributed by atoms with Gasteiger partial charge in [0.15, 0.2) is 0 Å². The predicted molar refractivity (Wildman–Crippen MR) is 56.3 cm³/mol. The Bertz CT molecular complexity index is 277. The number of nitrogens with one attached hydrogen (secondary N) is 1. The highest BCUT2D eigenvalue weighted by atomic mass is 15.3. The Kier molecular flexibility index (Phi) is 2.63. The molecule has 1 aliphatic heterocycles. The third kappa shape index (κ3) is 2.01. The molecule has 1 N–H and O–H groups in total. The minimum atomic E-state index is 0.502. The molecule has 1 saturated heterocycles. The molecule has 1 aromatic rings. The lowest BCUT2D eigenvalue weighted by Crippen LogP contribution is -2.54. The molecule has 1 aromatic heterocycles. The van der Waals surface area contributed by atoms with Gasteiger partial charge in [-0.2, -0.15) is 0 Å². The van der Waals surface area contributed by atoms with Gasteiger partial charge in [0.2, 0.25) is 5.95 Å². The van der Waals surface area contributed by atoms with Gasteiger partial charge in [0.1, 0.15) is 0 Å². The molecule has 0 aromatic carbocycles. The fourth-order valence-electron chi connectivity index (χ4n) is 1.94. The maximum absolute atomic E-state index is 4.26. The molecule has 4 nitrogen and oxygen atoms in total. The van der Waals surface area contributed by atoms with Crippen LogP contribution in [0.1, 0.15) is 13.8 Å². The summed E-state index contributed by atoms with van der Waals surface area (Å²) in [4.78, 5) is 10.7. The van der Waals surface area contributed by atoms with Crippen molar-refractivity contribution in [3.8, 4) is 0 Å². The molecule has 1 aliphatic rings. The molecule has 0 saturated carbocycles. The summed E-state index contributed by atoms with van der Waals surface area (Å²) in [6, 6.07) is 2.85. The van der Waals surface area contributed by atoms with Gasteiger partial charge in [0.05, 0.1) is 0 Å². The molecular weight excluding hydrogens is 176 g/mol. The van der Waals surface area contributed by atoms with E-state index in [9.17, 15) is 0 Å². The van der Waals surface area contributed by atoms with E-state index in [-0.39, 0.29) is 0 Å². The summed E-state index contributed by atoms with van der Waals surface area (Å²) in [5.74, 6) is 0.840. The number of piperazine rings is 1. The van der Waals surface area contributed by atoms with Gasteiger partial charge in [0, 0.05) is 37.6 Å². The van der Waals surface area contributed by atoms with Gasteiger partial charge in [-0.25, -0.2) is 9.97 Å². The number of anilines is 1. The summed E-state index contributed by atoms with van der Waals surface area (Å²) in [5.41, 5.74) is 0. The van der Waals surface area contributed by atoms with Crippen molar-refractivity contribution >= 4 is 5.95 Å². The summed E-state index contributed by atoms with van der Waals surface area (Å²) < 4.78 is 0. The molecule has 0 radical (unpaired) electrons. The Morgan fingerprint density at radius 3 is 2.36 bits per heavy atom. The van der Waals surface area contributed by atoms with Crippen LogP contribution >= 0.6 is 0 Å². The average molecular weight is 192 g/mol. The van der Waals surface area contributed by atoms with Crippen LogP contribution in [0.3, 0.4) is 0 Å². The summed E-state index contributed by atoms with van der Waals surface area (Å²) >= 11 is 0. The zero-order chi connectivity index (χ0) is 9.97. The molecule has 76 valence electrons. The third-order valence-electron chi connectivity index (χ3n) is 2.39. The van der Waals surface area contributed by atoms with Crippen molar-refractivity contribution in [2.75, 3.05) is 18.0 Å². The molecule has 2 rings (SSSR count). The average Bonchev–Trinajstić information content (AvgIpc) is 2.18. The minimum Gasteiger partial charge on any atom is -0.338 e. The molecule has 0 amide bonds. The fraction of sp³-hybridized carbons (Fsp3) is 0.600. The van der Waals surface area contributed by atoms with Crippen molar-refractivity contribution in [2.24, 2.45) is 0 Å². The summed E-state index contributed by atoms with van der Waals surface area (Å²) in [5, 5.41) is 3.48. The Labute approximate surface area is 84.4 Å². The molecule has 0 aliphatic carbocycles. The number of aromatic nitrogens is 2. The van der Waals surface area contributed by atoms with Crippen molar-refractivity contribution in [1.29, 1.82) is 0 Å². The van der Waals surface area contributed by atoms with Crippen molar-refractivity contribution in [3.63, 3.8) is 0 Å². The predicted octanol–water partition coefficient (Wildman–Crippen LogP) is 0.663. The summed E-state index contributed by atoms with van der Waals surface area (Å²) in [6.07, 6.45) is 3.58.